The lowest BCUT2D eigenvalue weighted by atomic mass is 10.1. The molecule has 0 radical (unpaired) electrons. The number of hydrogen-bond donors (Lipinski definition) is 0. The van der Waals surface area contributed by atoms with E-state index in [0.29, 0.717) is 12.2 Å². The molecule has 0 bridgehead atoms. The molecule has 130 valence electrons. The average Bonchev–Trinajstić information content (AvgIpc) is 3.12. The van der Waals surface area contributed by atoms with Crippen molar-refractivity contribution in [2.24, 2.45) is 0 Å². The minimum atomic E-state index is -0.255. The fraction of sp³-hybridized carbons (Fsp3) is 0.474. The van der Waals surface area contributed by atoms with Gasteiger partial charge in [0, 0.05) is 37.7 Å². The molecule has 2 aromatic rings. The molecule has 0 amide bonds. The molecule has 2 rings (SSSR count). The maximum absolute atomic E-state index is 11.9. The van der Waals surface area contributed by atoms with Gasteiger partial charge in [-0.05, 0) is 57.4 Å². The summed E-state index contributed by atoms with van der Waals surface area (Å²) in [5, 5.41) is 4.22. The molecule has 1 aromatic heterocycles. The highest BCUT2D eigenvalue weighted by molar-refractivity contribution is 5.90. The van der Waals surface area contributed by atoms with E-state index in [-0.39, 0.29) is 5.97 Å². The number of rotatable bonds is 10. The van der Waals surface area contributed by atoms with Gasteiger partial charge in [0.1, 0.15) is 0 Å². The third kappa shape index (κ3) is 5.41. The van der Waals surface area contributed by atoms with E-state index in [9.17, 15) is 4.79 Å². The van der Waals surface area contributed by atoms with Gasteiger partial charge in [-0.15, -0.1) is 0 Å². The Labute approximate surface area is 144 Å². The monoisotopic (exact) mass is 329 g/mol. The molecule has 0 aliphatic carbocycles. The predicted octanol–water partition coefficient (Wildman–Crippen LogP) is 3.76. The molecule has 0 aliphatic heterocycles. The Hall–Kier alpha value is -2.30. The molecule has 0 atom stereocenters. The number of anilines is 1. The van der Waals surface area contributed by atoms with Gasteiger partial charge in [0.05, 0.1) is 12.2 Å². The maximum Gasteiger partial charge on any atom is 0.338 e. The van der Waals surface area contributed by atoms with E-state index in [0.717, 1.165) is 44.6 Å². The Morgan fingerprint density at radius 1 is 1.21 bits per heavy atom. The van der Waals surface area contributed by atoms with E-state index in [1.807, 2.05) is 42.2 Å². The topological polar surface area (TPSA) is 47.4 Å². The molecule has 1 heterocycles. The fourth-order valence-corrected chi connectivity index (χ4v) is 2.70. The van der Waals surface area contributed by atoms with Gasteiger partial charge in [-0.25, -0.2) is 4.79 Å². The van der Waals surface area contributed by atoms with Crippen molar-refractivity contribution in [3.05, 3.63) is 48.3 Å². The first kappa shape index (κ1) is 18.0. The van der Waals surface area contributed by atoms with Crippen LogP contribution in [-0.4, -0.2) is 35.4 Å². The third-order valence-corrected chi connectivity index (χ3v) is 3.98. The van der Waals surface area contributed by atoms with Crippen LogP contribution in [0.3, 0.4) is 0 Å². The summed E-state index contributed by atoms with van der Waals surface area (Å²) in [6.45, 7) is 7.24. The Balaban J connectivity index is 1.82. The first-order valence-corrected chi connectivity index (χ1v) is 8.74. The van der Waals surface area contributed by atoms with E-state index in [4.69, 9.17) is 4.74 Å². The van der Waals surface area contributed by atoms with Crippen LogP contribution in [0, 0.1) is 0 Å². The van der Waals surface area contributed by atoms with E-state index in [1.54, 1.807) is 6.07 Å². The molecular formula is C19H27N3O2. The Morgan fingerprint density at radius 3 is 2.79 bits per heavy atom. The van der Waals surface area contributed by atoms with Gasteiger partial charge in [-0.2, -0.15) is 5.10 Å². The molecule has 0 unspecified atom stereocenters. The smallest absolute Gasteiger partial charge is 0.338 e. The van der Waals surface area contributed by atoms with Crippen LogP contribution in [0.25, 0.3) is 0 Å². The van der Waals surface area contributed by atoms with Gasteiger partial charge >= 0.3 is 5.97 Å². The number of ether oxygens (including phenoxy) is 1. The lowest BCUT2D eigenvalue weighted by Crippen LogP contribution is -2.24. The van der Waals surface area contributed by atoms with Crippen LogP contribution >= 0.6 is 0 Å². The van der Waals surface area contributed by atoms with Crippen molar-refractivity contribution in [2.45, 2.75) is 39.7 Å². The van der Waals surface area contributed by atoms with E-state index >= 15 is 0 Å². The highest BCUT2D eigenvalue weighted by atomic mass is 16.5. The third-order valence-electron chi connectivity index (χ3n) is 3.98. The van der Waals surface area contributed by atoms with Crippen molar-refractivity contribution in [1.82, 2.24) is 9.78 Å². The minimum absolute atomic E-state index is 0.255. The van der Waals surface area contributed by atoms with E-state index in [2.05, 4.69) is 23.0 Å². The number of aryl methyl sites for hydroxylation is 1. The average molecular weight is 329 g/mol. The SMILES string of the molecule is CCOC(=O)c1cccc(N(CC)CCCCCn2cccn2)c1. The Kier molecular flexibility index (Phi) is 7.33. The number of unbranched alkanes of at least 4 members (excludes halogenated alkanes) is 2. The lowest BCUT2D eigenvalue weighted by molar-refractivity contribution is 0.0526. The zero-order valence-corrected chi connectivity index (χ0v) is 14.6. The zero-order chi connectivity index (χ0) is 17.2. The van der Waals surface area contributed by atoms with Crippen molar-refractivity contribution in [1.29, 1.82) is 0 Å². The second-order valence-electron chi connectivity index (χ2n) is 5.68. The second kappa shape index (κ2) is 9.75. The summed E-state index contributed by atoms with van der Waals surface area (Å²) >= 11 is 0. The van der Waals surface area contributed by atoms with E-state index in [1.165, 1.54) is 0 Å². The summed E-state index contributed by atoms with van der Waals surface area (Å²) < 4.78 is 7.05. The molecule has 0 aliphatic rings. The number of hydrogen-bond acceptors (Lipinski definition) is 4. The summed E-state index contributed by atoms with van der Waals surface area (Å²) in [6.07, 6.45) is 7.23. The second-order valence-corrected chi connectivity index (χ2v) is 5.68. The van der Waals surface area contributed by atoms with Crippen LogP contribution in [0.15, 0.2) is 42.7 Å². The molecule has 24 heavy (non-hydrogen) atoms. The van der Waals surface area contributed by atoms with Gasteiger partial charge in [-0.3, -0.25) is 4.68 Å². The van der Waals surface area contributed by atoms with Crippen LogP contribution in [0.1, 0.15) is 43.5 Å². The Morgan fingerprint density at radius 2 is 2.08 bits per heavy atom. The quantitative estimate of drug-likeness (QED) is 0.492. The molecular weight excluding hydrogens is 302 g/mol. The maximum atomic E-state index is 11.9. The molecule has 0 saturated carbocycles. The summed E-state index contributed by atoms with van der Waals surface area (Å²) in [5.41, 5.74) is 1.70. The van der Waals surface area contributed by atoms with Crippen molar-refractivity contribution in [2.75, 3.05) is 24.6 Å². The van der Waals surface area contributed by atoms with Crippen LogP contribution in [0.4, 0.5) is 5.69 Å². The summed E-state index contributed by atoms with van der Waals surface area (Å²) in [5.74, 6) is -0.255. The predicted molar refractivity (Wildman–Crippen MR) is 96.4 cm³/mol. The van der Waals surface area contributed by atoms with Gasteiger partial charge < -0.3 is 9.64 Å². The minimum Gasteiger partial charge on any atom is -0.462 e. The van der Waals surface area contributed by atoms with Crippen molar-refractivity contribution < 1.29 is 9.53 Å². The van der Waals surface area contributed by atoms with Crippen LogP contribution < -0.4 is 4.90 Å². The highest BCUT2D eigenvalue weighted by Gasteiger charge is 2.10. The normalized spacial score (nSPS) is 10.6. The van der Waals surface area contributed by atoms with Crippen molar-refractivity contribution >= 4 is 11.7 Å². The first-order chi connectivity index (χ1) is 11.7. The van der Waals surface area contributed by atoms with Crippen molar-refractivity contribution in [3.8, 4) is 0 Å². The molecule has 0 spiro atoms. The molecule has 5 nitrogen and oxygen atoms in total. The number of benzene rings is 1. The first-order valence-electron chi connectivity index (χ1n) is 8.74. The van der Waals surface area contributed by atoms with Gasteiger partial charge in [0.15, 0.2) is 0 Å². The standard InChI is InChI=1S/C19H27N3O2/c1-3-21(13-6-5-7-14-22-15-9-12-20-22)18-11-8-10-17(16-18)19(23)24-4-2/h8-12,15-16H,3-7,13-14H2,1-2H3. The van der Waals surface area contributed by atoms with Gasteiger partial charge in [-0.1, -0.05) is 6.07 Å². The number of carbonyl (C=O) groups excluding carboxylic acids is 1. The molecule has 1 aromatic carbocycles. The Bertz CT molecular complexity index is 611. The van der Waals surface area contributed by atoms with Crippen LogP contribution in [-0.2, 0) is 11.3 Å². The number of carbonyl (C=O) groups is 1. The number of esters is 1. The lowest BCUT2D eigenvalue weighted by Gasteiger charge is -2.23. The van der Waals surface area contributed by atoms with Gasteiger partial charge in [0.25, 0.3) is 0 Å². The number of nitrogens with zero attached hydrogens (tertiary/aromatic N) is 3. The highest BCUT2D eigenvalue weighted by Crippen LogP contribution is 2.18. The summed E-state index contributed by atoms with van der Waals surface area (Å²) in [6, 6.07) is 9.65. The number of aromatic nitrogens is 2. The molecule has 5 heteroatoms. The van der Waals surface area contributed by atoms with Gasteiger partial charge in [0.2, 0.25) is 0 Å². The van der Waals surface area contributed by atoms with Crippen molar-refractivity contribution in [3.63, 3.8) is 0 Å². The summed E-state index contributed by atoms with van der Waals surface area (Å²) in [7, 11) is 0. The molecule has 0 saturated heterocycles. The summed E-state index contributed by atoms with van der Waals surface area (Å²) in [4.78, 5) is 14.2. The van der Waals surface area contributed by atoms with Crippen LogP contribution in [0.5, 0.6) is 0 Å². The zero-order valence-electron chi connectivity index (χ0n) is 14.6. The molecule has 0 fully saturated rings. The van der Waals surface area contributed by atoms with Crippen LogP contribution in [0.2, 0.25) is 0 Å². The van der Waals surface area contributed by atoms with E-state index < -0.39 is 0 Å². The fourth-order valence-electron chi connectivity index (χ4n) is 2.70. The molecule has 0 N–H and O–H groups in total. The largest absolute Gasteiger partial charge is 0.462 e.